The van der Waals surface area contributed by atoms with Crippen LogP contribution in [0.5, 0.6) is 0 Å². The van der Waals surface area contributed by atoms with Gasteiger partial charge in [-0.2, -0.15) is 0 Å². The number of amides is 1. The number of fused-ring (bicyclic) bond motifs is 2. The Bertz CT molecular complexity index is 855. The van der Waals surface area contributed by atoms with Gasteiger partial charge in [-0.05, 0) is 35.9 Å². The Labute approximate surface area is 139 Å². The minimum absolute atomic E-state index is 0.171. The van der Waals surface area contributed by atoms with E-state index in [2.05, 4.69) is 23.2 Å². The van der Waals surface area contributed by atoms with E-state index in [-0.39, 0.29) is 5.91 Å². The zero-order valence-electron chi connectivity index (χ0n) is 12.8. The molecule has 0 atom stereocenters. The van der Waals surface area contributed by atoms with Crippen molar-refractivity contribution in [3.63, 3.8) is 0 Å². The molecule has 4 rings (SSSR count). The number of hydrogen-bond donors (Lipinski definition) is 1. The number of thioether (sulfide) groups is 1. The van der Waals surface area contributed by atoms with E-state index < -0.39 is 0 Å². The maximum atomic E-state index is 12.9. The Morgan fingerprint density at radius 2 is 1.96 bits per heavy atom. The van der Waals surface area contributed by atoms with Gasteiger partial charge in [-0.1, -0.05) is 30.3 Å². The molecule has 1 aromatic heterocycles. The number of benzene rings is 2. The minimum Gasteiger partial charge on any atom is -0.361 e. The molecule has 0 saturated heterocycles. The lowest BCUT2D eigenvalue weighted by Crippen LogP contribution is -2.33. The molecule has 3 aromatic rings. The first kappa shape index (κ1) is 14.4. The fourth-order valence-corrected chi connectivity index (χ4v) is 4.12. The van der Waals surface area contributed by atoms with E-state index in [1.807, 2.05) is 53.2 Å². The van der Waals surface area contributed by atoms with Gasteiger partial charge in [-0.3, -0.25) is 4.79 Å². The van der Waals surface area contributed by atoms with Crippen molar-refractivity contribution in [2.45, 2.75) is 17.7 Å². The quantitative estimate of drug-likeness (QED) is 0.766. The maximum Gasteiger partial charge on any atom is 0.231 e. The zero-order valence-corrected chi connectivity index (χ0v) is 13.6. The second kappa shape index (κ2) is 6.13. The summed E-state index contributed by atoms with van der Waals surface area (Å²) in [5, 5.41) is 1.14. The summed E-state index contributed by atoms with van der Waals surface area (Å²) in [5.74, 6) is 1.23. The normalized spacial score (nSPS) is 14.5. The van der Waals surface area contributed by atoms with Gasteiger partial charge in [0.2, 0.25) is 5.91 Å². The fourth-order valence-electron chi connectivity index (χ4n) is 3.12. The van der Waals surface area contributed by atoms with Crippen LogP contribution in [0.15, 0.2) is 59.6 Å². The van der Waals surface area contributed by atoms with E-state index in [4.69, 9.17) is 0 Å². The zero-order chi connectivity index (χ0) is 15.6. The molecule has 0 radical (unpaired) electrons. The smallest absolute Gasteiger partial charge is 0.231 e. The highest BCUT2D eigenvalue weighted by molar-refractivity contribution is 7.99. The van der Waals surface area contributed by atoms with Gasteiger partial charge in [0.1, 0.15) is 0 Å². The van der Waals surface area contributed by atoms with Gasteiger partial charge < -0.3 is 9.88 Å². The van der Waals surface area contributed by atoms with Crippen LogP contribution in [0.1, 0.15) is 12.0 Å². The number of nitrogens with zero attached hydrogens (tertiary/aromatic N) is 1. The van der Waals surface area contributed by atoms with Crippen molar-refractivity contribution in [2.75, 3.05) is 17.2 Å². The fraction of sp³-hybridized carbons (Fsp3) is 0.211. The molecule has 0 saturated carbocycles. The van der Waals surface area contributed by atoms with Crippen molar-refractivity contribution in [3.05, 3.63) is 60.3 Å². The molecule has 1 amide bonds. The van der Waals surface area contributed by atoms with Gasteiger partial charge in [0, 0.05) is 28.5 Å². The van der Waals surface area contributed by atoms with Crippen LogP contribution in [0.2, 0.25) is 0 Å². The Balaban J connectivity index is 1.64. The first-order valence-electron chi connectivity index (χ1n) is 7.90. The second-order valence-corrected chi connectivity index (χ2v) is 6.89. The molecule has 0 aliphatic carbocycles. The minimum atomic E-state index is 0.171. The number of H-pyrrole nitrogens is 1. The van der Waals surface area contributed by atoms with E-state index in [0.29, 0.717) is 6.42 Å². The van der Waals surface area contributed by atoms with Crippen molar-refractivity contribution < 1.29 is 4.79 Å². The topological polar surface area (TPSA) is 36.1 Å². The molecule has 0 bridgehead atoms. The van der Waals surface area contributed by atoms with Crippen LogP contribution >= 0.6 is 11.8 Å². The second-order valence-electron chi connectivity index (χ2n) is 5.75. The van der Waals surface area contributed by atoms with Crippen LogP contribution in [0.3, 0.4) is 0 Å². The molecule has 0 spiro atoms. The van der Waals surface area contributed by atoms with Crippen molar-refractivity contribution >= 4 is 34.3 Å². The number of carbonyl (C=O) groups is 1. The summed E-state index contributed by atoms with van der Waals surface area (Å²) in [6, 6.07) is 16.4. The van der Waals surface area contributed by atoms with Crippen molar-refractivity contribution in [1.82, 2.24) is 4.98 Å². The van der Waals surface area contributed by atoms with Crippen LogP contribution in [0, 0.1) is 0 Å². The number of aromatic amines is 1. The first-order chi connectivity index (χ1) is 11.3. The van der Waals surface area contributed by atoms with Gasteiger partial charge in [0.15, 0.2) is 0 Å². The molecule has 2 aromatic carbocycles. The van der Waals surface area contributed by atoms with Gasteiger partial charge in [0.05, 0.1) is 12.1 Å². The Kier molecular flexibility index (Phi) is 3.83. The number of para-hydroxylation sites is 2. The molecular weight excluding hydrogens is 304 g/mol. The molecule has 23 heavy (non-hydrogen) atoms. The predicted octanol–water partition coefficient (Wildman–Crippen LogP) is 4.24. The summed E-state index contributed by atoms with van der Waals surface area (Å²) in [4.78, 5) is 19.3. The Hall–Kier alpha value is -2.20. The van der Waals surface area contributed by atoms with Crippen LogP contribution in [0.4, 0.5) is 5.69 Å². The molecule has 1 aliphatic heterocycles. The van der Waals surface area contributed by atoms with E-state index in [1.54, 1.807) is 0 Å². The molecule has 4 heteroatoms. The van der Waals surface area contributed by atoms with Crippen LogP contribution in [-0.4, -0.2) is 23.2 Å². The van der Waals surface area contributed by atoms with Crippen LogP contribution in [0.25, 0.3) is 10.9 Å². The average molecular weight is 322 g/mol. The monoisotopic (exact) mass is 322 g/mol. The number of hydrogen-bond acceptors (Lipinski definition) is 2. The number of aromatic nitrogens is 1. The number of anilines is 1. The van der Waals surface area contributed by atoms with Gasteiger partial charge in [-0.25, -0.2) is 0 Å². The molecule has 1 aliphatic rings. The Morgan fingerprint density at radius 1 is 1.13 bits per heavy atom. The standard InChI is InChI=1S/C19H18N2OS/c22-19(12-14-13-20-16-7-2-1-6-15(14)16)21-10-5-11-23-18-9-4-3-8-17(18)21/h1-4,6-9,13,20H,5,10-12H2. The van der Waals surface area contributed by atoms with Crippen molar-refractivity contribution in [3.8, 4) is 0 Å². The summed E-state index contributed by atoms with van der Waals surface area (Å²) in [7, 11) is 0. The lowest BCUT2D eigenvalue weighted by molar-refractivity contribution is -0.118. The predicted molar refractivity (Wildman–Crippen MR) is 96.1 cm³/mol. The van der Waals surface area contributed by atoms with Crippen molar-refractivity contribution in [1.29, 1.82) is 0 Å². The summed E-state index contributed by atoms with van der Waals surface area (Å²) in [6.07, 6.45) is 3.42. The Morgan fingerprint density at radius 3 is 2.91 bits per heavy atom. The summed E-state index contributed by atoms with van der Waals surface area (Å²) < 4.78 is 0. The summed E-state index contributed by atoms with van der Waals surface area (Å²) in [6.45, 7) is 0.797. The SMILES string of the molecule is O=C(Cc1c[nH]c2ccccc12)N1CCCSc2ccccc21. The van der Waals surface area contributed by atoms with Gasteiger partial charge in [0.25, 0.3) is 0 Å². The summed E-state index contributed by atoms with van der Waals surface area (Å²) >= 11 is 1.84. The molecular formula is C19H18N2OS. The number of carbonyl (C=O) groups excluding carboxylic acids is 1. The largest absolute Gasteiger partial charge is 0.361 e. The molecule has 3 nitrogen and oxygen atoms in total. The third kappa shape index (κ3) is 2.75. The van der Waals surface area contributed by atoms with E-state index in [9.17, 15) is 4.79 Å². The third-order valence-corrected chi connectivity index (χ3v) is 5.41. The van der Waals surface area contributed by atoms with Crippen LogP contribution < -0.4 is 4.90 Å². The molecule has 0 fully saturated rings. The molecule has 2 heterocycles. The summed E-state index contributed by atoms with van der Waals surface area (Å²) in [5.41, 5.74) is 3.21. The molecule has 1 N–H and O–H groups in total. The average Bonchev–Trinajstić information content (AvgIpc) is 2.86. The number of rotatable bonds is 2. The van der Waals surface area contributed by atoms with E-state index in [1.165, 1.54) is 4.90 Å². The van der Waals surface area contributed by atoms with Gasteiger partial charge >= 0.3 is 0 Å². The lowest BCUT2D eigenvalue weighted by atomic mass is 10.1. The van der Waals surface area contributed by atoms with Gasteiger partial charge in [-0.15, -0.1) is 11.8 Å². The highest BCUT2D eigenvalue weighted by atomic mass is 32.2. The highest BCUT2D eigenvalue weighted by Gasteiger charge is 2.22. The van der Waals surface area contributed by atoms with E-state index >= 15 is 0 Å². The van der Waals surface area contributed by atoms with Crippen LogP contribution in [-0.2, 0) is 11.2 Å². The highest BCUT2D eigenvalue weighted by Crippen LogP contribution is 2.34. The van der Waals surface area contributed by atoms with Crippen molar-refractivity contribution in [2.24, 2.45) is 0 Å². The molecule has 116 valence electrons. The number of nitrogens with one attached hydrogen (secondary N) is 1. The van der Waals surface area contributed by atoms with E-state index in [0.717, 1.165) is 40.9 Å². The maximum absolute atomic E-state index is 12.9. The third-order valence-electron chi connectivity index (χ3n) is 4.26. The lowest BCUT2D eigenvalue weighted by Gasteiger charge is -2.22. The molecule has 0 unspecified atom stereocenters. The first-order valence-corrected chi connectivity index (χ1v) is 8.89.